The Morgan fingerprint density at radius 2 is 1.74 bits per heavy atom. The van der Waals surface area contributed by atoms with E-state index in [1.807, 2.05) is 48.5 Å². The van der Waals surface area contributed by atoms with Gasteiger partial charge in [-0.05, 0) is 61.0 Å². The van der Waals surface area contributed by atoms with E-state index < -0.39 is 5.54 Å². The van der Waals surface area contributed by atoms with Gasteiger partial charge in [-0.15, -0.1) is 0 Å². The van der Waals surface area contributed by atoms with Crippen molar-refractivity contribution in [1.29, 1.82) is 0 Å². The molecule has 2 heterocycles. The van der Waals surface area contributed by atoms with Crippen molar-refractivity contribution in [2.24, 2.45) is 0 Å². The highest BCUT2D eigenvalue weighted by atomic mass is 19.1. The summed E-state index contributed by atoms with van der Waals surface area (Å²) in [4.78, 5) is 29.2. The number of rotatable bonds is 8. The van der Waals surface area contributed by atoms with Crippen molar-refractivity contribution in [3.05, 3.63) is 102 Å². The van der Waals surface area contributed by atoms with Gasteiger partial charge in [-0.25, -0.2) is 4.39 Å². The average molecular weight is 529 g/mol. The first-order valence-electron chi connectivity index (χ1n) is 12.5. The topological polar surface area (TPSA) is 85.7 Å². The fourth-order valence-corrected chi connectivity index (χ4v) is 4.78. The monoisotopic (exact) mass is 528 g/mol. The minimum absolute atomic E-state index is 0.126. The van der Waals surface area contributed by atoms with E-state index in [2.05, 4.69) is 10.4 Å². The van der Waals surface area contributed by atoms with Crippen molar-refractivity contribution in [3.63, 3.8) is 0 Å². The highest BCUT2D eigenvalue weighted by Gasteiger charge is 2.48. The highest BCUT2D eigenvalue weighted by molar-refractivity contribution is 6.00. The van der Waals surface area contributed by atoms with Crippen LogP contribution in [0.15, 0.2) is 78.9 Å². The maximum Gasteiger partial charge on any atom is 0.273 e. The first-order valence-corrected chi connectivity index (χ1v) is 12.5. The Balaban J connectivity index is 1.48. The molecule has 0 saturated carbocycles. The van der Waals surface area contributed by atoms with Crippen LogP contribution in [0, 0.1) is 5.82 Å². The second kappa shape index (κ2) is 10.6. The molecule has 1 aromatic heterocycles. The lowest BCUT2D eigenvalue weighted by atomic mass is 9.94. The summed E-state index contributed by atoms with van der Waals surface area (Å²) >= 11 is 0. The molecule has 3 aromatic carbocycles. The van der Waals surface area contributed by atoms with Crippen LogP contribution in [-0.4, -0.2) is 46.3 Å². The number of aromatic nitrogens is 2. The first-order chi connectivity index (χ1) is 18.8. The maximum atomic E-state index is 13.9. The predicted octanol–water partition coefficient (Wildman–Crippen LogP) is 4.44. The molecule has 0 unspecified atom stereocenters. The summed E-state index contributed by atoms with van der Waals surface area (Å²) in [6, 6.07) is 22.5. The first kappa shape index (κ1) is 26.0. The largest absolute Gasteiger partial charge is 0.497 e. The van der Waals surface area contributed by atoms with Gasteiger partial charge in [0.2, 0.25) is 5.91 Å². The number of carbonyl (C=O) groups is 2. The number of hydrogen-bond acceptors (Lipinski definition) is 5. The molecule has 1 aliphatic heterocycles. The van der Waals surface area contributed by atoms with Gasteiger partial charge in [0.15, 0.2) is 0 Å². The van der Waals surface area contributed by atoms with Crippen molar-refractivity contribution in [2.45, 2.75) is 32.1 Å². The number of carbonyl (C=O) groups excluding carboxylic acids is 2. The number of nitrogens with zero attached hydrogens (tertiary/aromatic N) is 3. The zero-order valence-corrected chi connectivity index (χ0v) is 22.0. The molecule has 8 nitrogen and oxygen atoms in total. The third kappa shape index (κ3) is 5.07. The van der Waals surface area contributed by atoms with Gasteiger partial charge >= 0.3 is 0 Å². The molecule has 1 aliphatic rings. The summed E-state index contributed by atoms with van der Waals surface area (Å²) < 4.78 is 25.8. The molecule has 5 rings (SSSR count). The van der Waals surface area contributed by atoms with E-state index in [9.17, 15) is 14.0 Å². The van der Waals surface area contributed by atoms with Gasteiger partial charge < -0.3 is 19.7 Å². The van der Waals surface area contributed by atoms with E-state index in [0.29, 0.717) is 28.5 Å². The van der Waals surface area contributed by atoms with Gasteiger partial charge in [-0.3, -0.25) is 14.3 Å². The summed E-state index contributed by atoms with van der Waals surface area (Å²) in [6.45, 7) is 2.22. The minimum Gasteiger partial charge on any atom is -0.497 e. The lowest BCUT2D eigenvalue weighted by Crippen LogP contribution is -2.63. The highest BCUT2D eigenvalue weighted by Crippen LogP contribution is 2.32. The van der Waals surface area contributed by atoms with Crippen LogP contribution in [-0.2, 0) is 24.4 Å². The summed E-state index contributed by atoms with van der Waals surface area (Å²) in [6.07, 6.45) is 0. The average Bonchev–Trinajstić information content (AvgIpc) is 3.39. The molecule has 2 amide bonds. The molecule has 0 spiro atoms. The fourth-order valence-electron chi connectivity index (χ4n) is 4.78. The zero-order valence-electron chi connectivity index (χ0n) is 22.0. The summed E-state index contributed by atoms with van der Waals surface area (Å²) in [5.41, 5.74) is 2.05. The lowest BCUT2D eigenvalue weighted by Gasteiger charge is -2.43. The number of ether oxygens (including phenoxy) is 2. The number of methoxy groups -OCH3 is 2. The molecule has 0 fully saturated rings. The standard InChI is InChI=1S/C30H29FN4O4/c1-30(29(37)32-17-22-6-4-5-7-27(22)39-3)19-35-26(16-25(33-35)21-10-14-24(38-2)15-11-21)28(36)34(30)18-20-8-12-23(31)13-9-20/h4-16H,17-19H2,1-3H3,(H,32,37)/t30-/m1/s1. The van der Waals surface area contributed by atoms with Crippen molar-refractivity contribution in [3.8, 4) is 22.8 Å². The Hall–Kier alpha value is -4.66. The van der Waals surface area contributed by atoms with E-state index in [1.54, 1.807) is 44.0 Å². The number of halogens is 1. The molecule has 1 N–H and O–H groups in total. The van der Waals surface area contributed by atoms with Crippen LogP contribution in [0.3, 0.4) is 0 Å². The van der Waals surface area contributed by atoms with Crippen LogP contribution in [0.5, 0.6) is 11.5 Å². The second-order valence-electron chi connectivity index (χ2n) is 9.59. The molecular formula is C30H29FN4O4. The van der Waals surface area contributed by atoms with Gasteiger partial charge in [0, 0.05) is 24.2 Å². The predicted molar refractivity (Wildman–Crippen MR) is 144 cm³/mol. The number of amides is 2. The molecular weight excluding hydrogens is 499 g/mol. The van der Waals surface area contributed by atoms with E-state index in [4.69, 9.17) is 9.47 Å². The van der Waals surface area contributed by atoms with Gasteiger partial charge in [0.1, 0.15) is 28.5 Å². The van der Waals surface area contributed by atoms with Gasteiger partial charge in [0.25, 0.3) is 5.91 Å². The van der Waals surface area contributed by atoms with E-state index in [0.717, 1.165) is 11.1 Å². The Kier molecular flexibility index (Phi) is 7.06. The summed E-state index contributed by atoms with van der Waals surface area (Å²) in [5.74, 6) is 0.319. The lowest BCUT2D eigenvalue weighted by molar-refractivity contribution is -0.133. The van der Waals surface area contributed by atoms with E-state index in [1.165, 1.54) is 17.0 Å². The third-order valence-electron chi connectivity index (χ3n) is 7.06. The fraction of sp³-hybridized carbons (Fsp3) is 0.233. The second-order valence-corrected chi connectivity index (χ2v) is 9.59. The normalized spacial score (nSPS) is 16.5. The summed E-state index contributed by atoms with van der Waals surface area (Å²) in [7, 11) is 3.17. The van der Waals surface area contributed by atoms with Gasteiger partial charge in [-0.1, -0.05) is 30.3 Å². The molecule has 9 heteroatoms. The quantitative estimate of drug-likeness (QED) is 0.366. The smallest absolute Gasteiger partial charge is 0.273 e. The Morgan fingerprint density at radius 1 is 1.03 bits per heavy atom. The van der Waals surface area contributed by atoms with Crippen LogP contribution in [0.1, 0.15) is 28.5 Å². The molecule has 1 atom stereocenters. The number of benzene rings is 3. The molecule has 39 heavy (non-hydrogen) atoms. The Morgan fingerprint density at radius 3 is 2.44 bits per heavy atom. The van der Waals surface area contributed by atoms with Crippen LogP contribution in [0.2, 0.25) is 0 Å². The maximum absolute atomic E-state index is 13.9. The van der Waals surface area contributed by atoms with Crippen molar-refractivity contribution >= 4 is 11.8 Å². The van der Waals surface area contributed by atoms with Gasteiger partial charge in [-0.2, -0.15) is 5.10 Å². The van der Waals surface area contributed by atoms with Crippen molar-refractivity contribution in [1.82, 2.24) is 20.0 Å². The van der Waals surface area contributed by atoms with E-state index in [-0.39, 0.29) is 37.3 Å². The number of para-hydroxylation sites is 1. The summed E-state index contributed by atoms with van der Waals surface area (Å²) in [5, 5.41) is 7.67. The van der Waals surface area contributed by atoms with Crippen LogP contribution < -0.4 is 14.8 Å². The Bertz CT molecular complexity index is 1500. The molecule has 0 aliphatic carbocycles. The number of nitrogens with one attached hydrogen (secondary N) is 1. The number of hydrogen-bond donors (Lipinski definition) is 1. The van der Waals surface area contributed by atoms with Crippen LogP contribution in [0.4, 0.5) is 4.39 Å². The Labute approximate surface area is 226 Å². The van der Waals surface area contributed by atoms with Crippen molar-refractivity contribution in [2.75, 3.05) is 14.2 Å². The minimum atomic E-state index is -1.27. The van der Waals surface area contributed by atoms with Crippen LogP contribution >= 0.6 is 0 Å². The number of fused-ring (bicyclic) bond motifs is 1. The molecule has 4 aromatic rings. The zero-order chi connectivity index (χ0) is 27.6. The third-order valence-corrected chi connectivity index (χ3v) is 7.06. The molecule has 200 valence electrons. The van der Waals surface area contributed by atoms with Crippen LogP contribution in [0.25, 0.3) is 11.3 Å². The van der Waals surface area contributed by atoms with Gasteiger partial charge in [0.05, 0.1) is 26.5 Å². The van der Waals surface area contributed by atoms with Crippen molar-refractivity contribution < 1.29 is 23.5 Å². The molecule has 0 bridgehead atoms. The SMILES string of the molecule is COc1ccc(-c2cc3n(n2)C[C@](C)(C(=O)NCc2ccccc2OC)N(Cc2ccc(F)cc2)C3=O)cc1. The molecule has 0 saturated heterocycles. The van der Waals surface area contributed by atoms with E-state index >= 15 is 0 Å². The molecule has 0 radical (unpaired) electrons.